The molecule has 1 aliphatic heterocycles. The molecule has 0 N–H and O–H groups in total. The number of hydrogen-bond acceptors (Lipinski definition) is 1. The summed E-state index contributed by atoms with van der Waals surface area (Å²) >= 11 is 0. The van der Waals surface area contributed by atoms with Crippen LogP contribution in [0.5, 0.6) is 5.75 Å². The van der Waals surface area contributed by atoms with Crippen LogP contribution >= 0.6 is 0 Å². The van der Waals surface area contributed by atoms with E-state index < -0.39 is 0 Å². The molecule has 1 nitrogen and oxygen atoms in total. The molecule has 1 heteroatoms. The third-order valence-corrected chi connectivity index (χ3v) is 3.71. The Labute approximate surface area is 105 Å². The molecule has 17 heavy (non-hydrogen) atoms. The van der Waals surface area contributed by atoms with Crippen molar-refractivity contribution >= 4 is 0 Å². The largest absolute Gasteiger partial charge is 0.490 e. The average Bonchev–Trinajstić information content (AvgIpc) is 2.35. The Morgan fingerprint density at radius 2 is 2.06 bits per heavy atom. The predicted molar refractivity (Wildman–Crippen MR) is 72.8 cm³/mol. The molecule has 0 aliphatic carbocycles. The number of aryl methyl sites for hydroxylation is 3. The van der Waals surface area contributed by atoms with Crippen LogP contribution in [-0.2, 0) is 19.3 Å². The third-order valence-electron chi connectivity index (χ3n) is 3.71. The lowest BCUT2D eigenvalue weighted by atomic mass is 9.93. The molecule has 0 spiro atoms. The van der Waals surface area contributed by atoms with Crippen molar-refractivity contribution in [2.75, 3.05) is 0 Å². The quantitative estimate of drug-likeness (QED) is 0.752. The molecule has 0 radical (unpaired) electrons. The highest BCUT2D eigenvalue weighted by Crippen LogP contribution is 2.31. The molecule has 1 heterocycles. The van der Waals surface area contributed by atoms with E-state index in [4.69, 9.17) is 4.74 Å². The van der Waals surface area contributed by atoms with E-state index in [0.29, 0.717) is 6.10 Å². The molecule has 2 rings (SSSR count). The second-order valence-corrected chi connectivity index (χ2v) is 5.15. The number of fused-ring (bicyclic) bond motifs is 1. The van der Waals surface area contributed by atoms with E-state index in [1.54, 1.807) is 0 Å². The summed E-state index contributed by atoms with van der Waals surface area (Å²) in [4.78, 5) is 0. The van der Waals surface area contributed by atoms with Crippen LogP contribution in [0.25, 0.3) is 0 Å². The van der Waals surface area contributed by atoms with Gasteiger partial charge in [0.25, 0.3) is 0 Å². The molecule has 1 atom stereocenters. The Hall–Kier alpha value is -0.980. The van der Waals surface area contributed by atoms with Crippen molar-refractivity contribution in [2.24, 2.45) is 0 Å². The summed E-state index contributed by atoms with van der Waals surface area (Å²) in [7, 11) is 0. The van der Waals surface area contributed by atoms with Crippen LogP contribution in [-0.4, -0.2) is 6.10 Å². The van der Waals surface area contributed by atoms with E-state index in [1.165, 1.54) is 42.4 Å². The Balaban J connectivity index is 2.28. The van der Waals surface area contributed by atoms with E-state index in [2.05, 4.69) is 32.9 Å². The fraction of sp³-hybridized carbons (Fsp3) is 0.625. The van der Waals surface area contributed by atoms with Crippen LogP contribution in [0.1, 0.15) is 56.7 Å². The Morgan fingerprint density at radius 3 is 2.76 bits per heavy atom. The van der Waals surface area contributed by atoms with Crippen molar-refractivity contribution in [3.63, 3.8) is 0 Å². The summed E-state index contributed by atoms with van der Waals surface area (Å²) in [6, 6.07) is 4.69. The summed E-state index contributed by atoms with van der Waals surface area (Å²) in [5, 5.41) is 0. The van der Waals surface area contributed by atoms with Gasteiger partial charge in [0.1, 0.15) is 5.75 Å². The fourth-order valence-electron chi connectivity index (χ4n) is 2.59. The Kier molecular flexibility index (Phi) is 4.09. The zero-order valence-electron chi connectivity index (χ0n) is 11.4. The first-order valence-corrected chi connectivity index (χ1v) is 7.05. The van der Waals surface area contributed by atoms with Gasteiger partial charge in [0.2, 0.25) is 0 Å². The average molecular weight is 232 g/mol. The van der Waals surface area contributed by atoms with Crippen LogP contribution in [0.3, 0.4) is 0 Å². The molecule has 1 unspecified atom stereocenters. The van der Waals surface area contributed by atoms with Gasteiger partial charge in [0.15, 0.2) is 0 Å². The first kappa shape index (κ1) is 12.5. The van der Waals surface area contributed by atoms with Gasteiger partial charge in [0, 0.05) is 0 Å². The van der Waals surface area contributed by atoms with E-state index >= 15 is 0 Å². The van der Waals surface area contributed by atoms with E-state index in [-0.39, 0.29) is 0 Å². The molecular weight excluding hydrogens is 208 g/mol. The lowest BCUT2D eigenvalue weighted by Gasteiger charge is -2.25. The minimum absolute atomic E-state index is 0.383. The number of unbranched alkanes of at least 4 members (excludes halogenated alkanes) is 1. The first-order valence-electron chi connectivity index (χ1n) is 7.05. The summed E-state index contributed by atoms with van der Waals surface area (Å²) in [5.74, 6) is 1.15. The summed E-state index contributed by atoms with van der Waals surface area (Å²) in [5.41, 5.74) is 4.44. The normalized spacial score (nSPS) is 18.6. The number of rotatable bonds is 4. The van der Waals surface area contributed by atoms with E-state index in [0.717, 1.165) is 18.6 Å². The molecule has 1 aliphatic rings. The molecule has 0 aromatic heterocycles. The molecule has 1 aromatic carbocycles. The monoisotopic (exact) mass is 232 g/mol. The topological polar surface area (TPSA) is 9.23 Å². The Morgan fingerprint density at radius 1 is 1.24 bits per heavy atom. The highest BCUT2D eigenvalue weighted by Gasteiger charge is 2.17. The van der Waals surface area contributed by atoms with Gasteiger partial charge in [-0.15, -0.1) is 0 Å². The zero-order valence-corrected chi connectivity index (χ0v) is 11.4. The SMILES string of the molecule is CCCCc1cc2c(cc1CC)CCC(C)O2. The molecular formula is C16H24O. The number of benzene rings is 1. The molecule has 94 valence electrons. The lowest BCUT2D eigenvalue weighted by molar-refractivity contribution is 0.192. The predicted octanol–water partition coefficient (Wildman–Crippen LogP) is 4.31. The van der Waals surface area contributed by atoms with Crippen molar-refractivity contribution < 1.29 is 4.74 Å². The van der Waals surface area contributed by atoms with Gasteiger partial charge in [0.05, 0.1) is 6.10 Å². The summed E-state index contributed by atoms with van der Waals surface area (Å²) < 4.78 is 5.95. The van der Waals surface area contributed by atoms with Crippen LogP contribution in [0.15, 0.2) is 12.1 Å². The smallest absolute Gasteiger partial charge is 0.123 e. The molecule has 0 saturated carbocycles. The molecule has 0 amide bonds. The minimum atomic E-state index is 0.383. The van der Waals surface area contributed by atoms with Gasteiger partial charge in [-0.05, 0) is 61.8 Å². The van der Waals surface area contributed by atoms with Gasteiger partial charge >= 0.3 is 0 Å². The van der Waals surface area contributed by atoms with Crippen molar-refractivity contribution in [2.45, 2.75) is 65.4 Å². The third kappa shape index (κ3) is 2.83. The second-order valence-electron chi connectivity index (χ2n) is 5.15. The highest BCUT2D eigenvalue weighted by molar-refractivity contribution is 5.44. The molecule has 0 fully saturated rings. The maximum Gasteiger partial charge on any atom is 0.123 e. The van der Waals surface area contributed by atoms with Crippen molar-refractivity contribution in [1.82, 2.24) is 0 Å². The van der Waals surface area contributed by atoms with Gasteiger partial charge < -0.3 is 4.74 Å². The first-order chi connectivity index (χ1) is 8.24. The van der Waals surface area contributed by atoms with Crippen molar-refractivity contribution in [3.8, 4) is 5.75 Å². The van der Waals surface area contributed by atoms with Gasteiger partial charge in [-0.3, -0.25) is 0 Å². The van der Waals surface area contributed by atoms with Gasteiger partial charge in [-0.25, -0.2) is 0 Å². The van der Waals surface area contributed by atoms with E-state index in [9.17, 15) is 0 Å². The van der Waals surface area contributed by atoms with Crippen molar-refractivity contribution in [3.05, 3.63) is 28.8 Å². The van der Waals surface area contributed by atoms with Crippen LogP contribution in [0, 0.1) is 0 Å². The van der Waals surface area contributed by atoms with Gasteiger partial charge in [-0.1, -0.05) is 26.3 Å². The van der Waals surface area contributed by atoms with Crippen molar-refractivity contribution in [1.29, 1.82) is 0 Å². The van der Waals surface area contributed by atoms with Gasteiger partial charge in [-0.2, -0.15) is 0 Å². The highest BCUT2D eigenvalue weighted by atomic mass is 16.5. The summed E-state index contributed by atoms with van der Waals surface area (Å²) in [6.45, 7) is 6.68. The maximum atomic E-state index is 5.95. The molecule has 0 saturated heterocycles. The maximum absolute atomic E-state index is 5.95. The fourth-order valence-corrected chi connectivity index (χ4v) is 2.59. The Bertz CT molecular complexity index is 381. The number of ether oxygens (including phenoxy) is 1. The van der Waals surface area contributed by atoms with E-state index in [1.807, 2.05) is 0 Å². The second kappa shape index (κ2) is 5.57. The van der Waals surface area contributed by atoms with Crippen LogP contribution in [0.4, 0.5) is 0 Å². The summed E-state index contributed by atoms with van der Waals surface area (Å²) in [6.07, 6.45) is 7.60. The van der Waals surface area contributed by atoms with Crippen LogP contribution < -0.4 is 4.74 Å². The molecule has 1 aromatic rings. The zero-order chi connectivity index (χ0) is 12.3. The minimum Gasteiger partial charge on any atom is -0.490 e. The number of hydrogen-bond donors (Lipinski definition) is 0. The standard InChI is InChI=1S/C16H24O/c1-4-6-7-14-11-16-15(10-13(14)5-2)9-8-12(3)17-16/h10-12H,4-9H2,1-3H3. The lowest BCUT2D eigenvalue weighted by Crippen LogP contribution is -2.19. The van der Waals surface area contributed by atoms with Crippen LogP contribution in [0.2, 0.25) is 0 Å². The molecule has 0 bridgehead atoms.